The molecule has 0 spiro atoms. The summed E-state index contributed by atoms with van der Waals surface area (Å²) in [6.07, 6.45) is 5.93. The summed E-state index contributed by atoms with van der Waals surface area (Å²) >= 11 is 0. The molecule has 1 aliphatic carbocycles. The molecule has 3 nitrogen and oxygen atoms in total. The van der Waals surface area contributed by atoms with Gasteiger partial charge in [0.05, 0.1) is 6.61 Å². The summed E-state index contributed by atoms with van der Waals surface area (Å²) in [6, 6.07) is 9.72. The van der Waals surface area contributed by atoms with Crippen molar-refractivity contribution >= 4 is 5.78 Å². The lowest BCUT2D eigenvalue weighted by Gasteiger charge is -2.07. The molecule has 3 rings (SSSR count). The van der Waals surface area contributed by atoms with Gasteiger partial charge in [-0.25, -0.2) is 0 Å². The van der Waals surface area contributed by atoms with Crippen LogP contribution in [0.2, 0.25) is 0 Å². The van der Waals surface area contributed by atoms with Crippen LogP contribution in [0.1, 0.15) is 27.9 Å². The number of carbonyl (C=O) groups is 1. The normalized spacial score (nSPS) is 13.4. The number of aryl methyl sites for hydroxylation is 1. The first kappa shape index (κ1) is 11.9. The fourth-order valence-electron chi connectivity index (χ4n) is 2.35. The van der Waals surface area contributed by atoms with Crippen molar-refractivity contribution in [1.29, 1.82) is 0 Å². The van der Waals surface area contributed by atoms with Crippen LogP contribution in [-0.4, -0.2) is 17.4 Å². The van der Waals surface area contributed by atoms with Crippen molar-refractivity contribution in [3.05, 3.63) is 59.4 Å². The standard InChI is InChI=1S/C16H15NO2/c18-16-6-3-13-10-14(4-5-15(13)16)19-9-7-12-2-1-8-17-11-12/h1-2,4-5,8,10-11H,3,6-7,9H2. The van der Waals surface area contributed by atoms with Gasteiger partial charge in [-0.2, -0.15) is 0 Å². The molecule has 1 aromatic heterocycles. The third-order valence-corrected chi connectivity index (χ3v) is 3.38. The van der Waals surface area contributed by atoms with Gasteiger partial charge in [0.2, 0.25) is 0 Å². The van der Waals surface area contributed by atoms with Crippen molar-refractivity contribution in [1.82, 2.24) is 4.98 Å². The topological polar surface area (TPSA) is 39.2 Å². The highest BCUT2D eigenvalue weighted by molar-refractivity contribution is 6.00. The Bertz CT molecular complexity index is 593. The van der Waals surface area contributed by atoms with Gasteiger partial charge in [0.1, 0.15) is 5.75 Å². The molecule has 0 unspecified atom stereocenters. The second kappa shape index (κ2) is 5.22. The molecule has 19 heavy (non-hydrogen) atoms. The molecule has 1 aliphatic rings. The molecule has 0 saturated carbocycles. The van der Waals surface area contributed by atoms with E-state index < -0.39 is 0 Å². The lowest BCUT2D eigenvalue weighted by Crippen LogP contribution is -2.02. The largest absolute Gasteiger partial charge is 0.493 e. The Morgan fingerprint density at radius 3 is 3.00 bits per heavy atom. The summed E-state index contributed by atoms with van der Waals surface area (Å²) in [5.41, 5.74) is 3.14. The lowest BCUT2D eigenvalue weighted by molar-refractivity contribution is 0.0994. The number of Topliss-reactive ketones (excluding diaryl/α,β-unsaturated/α-hetero) is 1. The first-order chi connectivity index (χ1) is 9.33. The van der Waals surface area contributed by atoms with Gasteiger partial charge in [0.25, 0.3) is 0 Å². The number of ether oxygens (including phenoxy) is 1. The van der Waals surface area contributed by atoms with Crippen molar-refractivity contribution < 1.29 is 9.53 Å². The van der Waals surface area contributed by atoms with Crippen LogP contribution in [0.15, 0.2) is 42.7 Å². The molecule has 0 amide bonds. The van der Waals surface area contributed by atoms with E-state index in [0.717, 1.165) is 29.7 Å². The Hall–Kier alpha value is -2.16. The summed E-state index contributed by atoms with van der Waals surface area (Å²) < 4.78 is 5.73. The summed E-state index contributed by atoms with van der Waals surface area (Å²) in [4.78, 5) is 15.6. The lowest BCUT2D eigenvalue weighted by atomic mass is 10.1. The molecular formula is C16H15NO2. The zero-order valence-corrected chi connectivity index (χ0v) is 10.6. The van der Waals surface area contributed by atoms with Gasteiger partial charge in [-0.1, -0.05) is 6.07 Å². The average molecular weight is 253 g/mol. The number of hydrogen-bond donors (Lipinski definition) is 0. The van der Waals surface area contributed by atoms with Crippen LogP contribution < -0.4 is 4.74 Å². The smallest absolute Gasteiger partial charge is 0.163 e. The number of pyridine rings is 1. The first-order valence-electron chi connectivity index (χ1n) is 6.51. The monoisotopic (exact) mass is 253 g/mol. The quantitative estimate of drug-likeness (QED) is 0.841. The minimum atomic E-state index is 0.247. The van der Waals surface area contributed by atoms with Crippen LogP contribution in [0.3, 0.4) is 0 Å². The van der Waals surface area contributed by atoms with E-state index in [1.54, 1.807) is 6.20 Å². The second-order valence-electron chi connectivity index (χ2n) is 4.70. The van der Waals surface area contributed by atoms with Gasteiger partial charge >= 0.3 is 0 Å². The molecule has 1 heterocycles. The maximum absolute atomic E-state index is 11.5. The number of fused-ring (bicyclic) bond motifs is 1. The van der Waals surface area contributed by atoms with E-state index >= 15 is 0 Å². The number of hydrogen-bond acceptors (Lipinski definition) is 3. The third-order valence-electron chi connectivity index (χ3n) is 3.38. The zero-order chi connectivity index (χ0) is 13.1. The number of aromatic nitrogens is 1. The fraction of sp³-hybridized carbons (Fsp3) is 0.250. The van der Waals surface area contributed by atoms with Gasteiger partial charge in [0, 0.05) is 30.8 Å². The van der Waals surface area contributed by atoms with Gasteiger partial charge in [-0.3, -0.25) is 9.78 Å². The van der Waals surface area contributed by atoms with E-state index in [4.69, 9.17) is 4.74 Å². The number of ketones is 1. The summed E-state index contributed by atoms with van der Waals surface area (Å²) in [5, 5.41) is 0. The maximum atomic E-state index is 11.5. The van der Waals surface area contributed by atoms with E-state index in [-0.39, 0.29) is 5.78 Å². The van der Waals surface area contributed by atoms with E-state index in [1.165, 1.54) is 5.56 Å². The zero-order valence-electron chi connectivity index (χ0n) is 10.6. The number of nitrogens with zero attached hydrogens (tertiary/aromatic N) is 1. The van der Waals surface area contributed by atoms with E-state index in [0.29, 0.717) is 13.0 Å². The molecule has 0 bridgehead atoms. The molecule has 0 fully saturated rings. The highest BCUT2D eigenvalue weighted by Crippen LogP contribution is 2.26. The minimum absolute atomic E-state index is 0.247. The Morgan fingerprint density at radius 2 is 2.16 bits per heavy atom. The average Bonchev–Trinajstić information content (AvgIpc) is 2.81. The molecule has 1 aromatic carbocycles. The highest BCUT2D eigenvalue weighted by Gasteiger charge is 2.19. The maximum Gasteiger partial charge on any atom is 0.163 e. The molecule has 0 N–H and O–H groups in total. The molecule has 0 saturated heterocycles. The molecule has 3 heteroatoms. The fourth-order valence-corrected chi connectivity index (χ4v) is 2.35. The summed E-state index contributed by atoms with van der Waals surface area (Å²) in [7, 11) is 0. The first-order valence-corrected chi connectivity index (χ1v) is 6.51. The van der Waals surface area contributed by atoms with Crippen LogP contribution in [0.5, 0.6) is 5.75 Å². The highest BCUT2D eigenvalue weighted by atomic mass is 16.5. The third kappa shape index (κ3) is 2.65. The van der Waals surface area contributed by atoms with Crippen molar-refractivity contribution in [3.8, 4) is 5.75 Å². The van der Waals surface area contributed by atoms with Gasteiger partial charge in [0.15, 0.2) is 5.78 Å². The number of rotatable bonds is 4. The van der Waals surface area contributed by atoms with E-state index in [9.17, 15) is 4.79 Å². The van der Waals surface area contributed by atoms with Crippen molar-refractivity contribution in [2.45, 2.75) is 19.3 Å². The van der Waals surface area contributed by atoms with E-state index in [2.05, 4.69) is 4.98 Å². The van der Waals surface area contributed by atoms with Crippen molar-refractivity contribution in [2.75, 3.05) is 6.61 Å². The molecule has 96 valence electrons. The molecule has 0 atom stereocenters. The van der Waals surface area contributed by atoms with Crippen molar-refractivity contribution in [2.24, 2.45) is 0 Å². The Morgan fingerprint density at radius 1 is 1.21 bits per heavy atom. The Kier molecular flexibility index (Phi) is 3.27. The predicted molar refractivity (Wildman–Crippen MR) is 72.5 cm³/mol. The minimum Gasteiger partial charge on any atom is -0.493 e. The molecule has 0 radical (unpaired) electrons. The van der Waals surface area contributed by atoms with Gasteiger partial charge < -0.3 is 4.74 Å². The number of carbonyl (C=O) groups excluding carboxylic acids is 1. The van der Waals surface area contributed by atoms with Crippen LogP contribution >= 0.6 is 0 Å². The Balaban J connectivity index is 1.61. The molecule has 0 aliphatic heterocycles. The van der Waals surface area contributed by atoms with E-state index in [1.807, 2.05) is 36.5 Å². The van der Waals surface area contributed by atoms with Gasteiger partial charge in [-0.15, -0.1) is 0 Å². The van der Waals surface area contributed by atoms with Gasteiger partial charge in [-0.05, 0) is 41.8 Å². The predicted octanol–water partition coefficient (Wildman–Crippen LogP) is 2.83. The molecule has 2 aromatic rings. The summed E-state index contributed by atoms with van der Waals surface area (Å²) in [5.74, 6) is 1.09. The molecular weight excluding hydrogens is 238 g/mol. The van der Waals surface area contributed by atoms with Crippen LogP contribution in [0.4, 0.5) is 0 Å². The number of benzene rings is 1. The Labute approximate surface area is 112 Å². The van der Waals surface area contributed by atoms with Crippen LogP contribution in [0, 0.1) is 0 Å². The second-order valence-corrected chi connectivity index (χ2v) is 4.70. The van der Waals surface area contributed by atoms with Crippen LogP contribution in [-0.2, 0) is 12.8 Å². The summed E-state index contributed by atoms with van der Waals surface area (Å²) in [6.45, 7) is 0.623. The van der Waals surface area contributed by atoms with Crippen molar-refractivity contribution in [3.63, 3.8) is 0 Å². The SMILES string of the molecule is O=C1CCc2cc(OCCc3cccnc3)ccc21. The van der Waals surface area contributed by atoms with Crippen LogP contribution in [0.25, 0.3) is 0 Å².